The monoisotopic (exact) mass is 259 g/mol. The molecule has 5 nitrogen and oxygen atoms in total. The molecule has 2 aromatic heterocycles. The Morgan fingerprint density at radius 2 is 2.21 bits per heavy atom. The first-order chi connectivity index (χ1) is 9.30. The van der Waals surface area contributed by atoms with Gasteiger partial charge in [0.1, 0.15) is 5.75 Å². The Hall–Kier alpha value is -1.88. The number of aromatic nitrogens is 3. The third-order valence-electron chi connectivity index (χ3n) is 3.71. The van der Waals surface area contributed by atoms with Crippen molar-refractivity contribution in [3.05, 3.63) is 30.7 Å². The third kappa shape index (κ3) is 2.33. The number of pyridine rings is 1. The summed E-state index contributed by atoms with van der Waals surface area (Å²) in [4.78, 5) is 4.35. The van der Waals surface area contributed by atoms with Crippen LogP contribution in [0.25, 0.3) is 11.3 Å². The first kappa shape index (κ1) is 12.2. The second kappa shape index (κ2) is 5.01. The highest BCUT2D eigenvalue weighted by Gasteiger charge is 2.30. The smallest absolute Gasteiger partial charge is 0.137 e. The standard InChI is InChI=1S/C14H17N3O2/c1-19-13-2-3-14(15-7-13)11-6-16-17(8-11)12-4-10(5-12)9-18/h2-3,6-8,10,12,18H,4-5,9H2,1H3. The van der Waals surface area contributed by atoms with E-state index < -0.39 is 0 Å². The second-order valence-corrected chi connectivity index (χ2v) is 4.97. The molecule has 1 aliphatic rings. The number of methoxy groups -OCH3 is 1. The van der Waals surface area contributed by atoms with Gasteiger partial charge in [-0.15, -0.1) is 0 Å². The molecule has 1 fully saturated rings. The summed E-state index contributed by atoms with van der Waals surface area (Å²) in [7, 11) is 1.63. The highest BCUT2D eigenvalue weighted by molar-refractivity contribution is 5.57. The number of nitrogens with zero attached hydrogens (tertiary/aromatic N) is 3. The van der Waals surface area contributed by atoms with Gasteiger partial charge in [-0.05, 0) is 30.9 Å². The maximum atomic E-state index is 9.03. The minimum Gasteiger partial charge on any atom is -0.495 e. The van der Waals surface area contributed by atoms with Crippen molar-refractivity contribution in [1.82, 2.24) is 14.8 Å². The quantitative estimate of drug-likeness (QED) is 0.911. The molecule has 3 rings (SSSR count). The molecule has 0 bridgehead atoms. The Balaban J connectivity index is 1.73. The lowest BCUT2D eigenvalue weighted by Gasteiger charge is -2.33. The van der Waals surface area contributed by atoms with Crippen LogP contribution in [0.5, 0.6) is 5.75 Å². The van der Waals surface area contributed by atoms with Crippen LogP contribution in [-0.2, 0) is 0 Å². The molecule has 0 amide bonds. The minimum atomic E-state index is 0.282. The van der Waals surface area contributed by atoms with Gasteiger partial charge in [0.05, 0.1) is 31.2 Å². The van der Waals surface area contributed by atoms with E-state index in [1.54, 1.807) is 13.3 Å². The van der Waals surface area contributed by atoms with Crippen molar-refractivity contribution >= 4 is 0 Å². The number of rotatable bonds is 4. The Morgan fingerprint density at radius 3 is 2.84 bits per heavy atom. The highest BCUT2D eigenvalue weighted by Crippen LogP contribution is 2.37. The molecule has 0 aromatic carbocycles. The van der Waals surface area contributed by atoms with Crippen LogP contribution in [-0.4, -0.2) is 33.6 Å². The highest BCUT2D eigenvalue weighted by atomic mass is 16.5. The van der Waals surface area contributed by atoms with E-state index in [0.29, 0.717) is 12.0 Å². The van der Waals surface area contributed by atoms with Crippen LogP contribution in [0.1, 0.15) is 18.9 Å². The molecular formula is C14H17N3O2. The first-order valence-corrected chi connectivity index (χ1v) is 6.45. The summed E-state index contributed by atoms with van der Waals surface area (Å²) in [5.74, 6) is 1.19. The van der Waals surface area contributed by atoms with E-state index >= 15 is 0 Å². The van der Waals surface area contributed by atoms with Crippen LogP contribution < -0.4 is 4.74 Å². The zero-order valence-electron chi connectivity index (χ0n) is 10.9. The lowest BCUT2D eigenvalue weighted by Crippen LogP contribution is -2.29. The number of ether oxygens (including phenoxy) is 1. The first-order valence-electron chi connectivity index (χ1n) is 6.45. The van der Waals surface area contributed by atoms with Crippen LogP contribution in [0, 0.1) is 5.92 Å². The summed E-state index contributed by atoms with van der Waals surface area (Å²) in [6.45, 7) is 0.282. The Morgan fingerprint density at radius 1 is 1.37 bits per heavy atom. The van der Waals surface area contributed by atoms with Crippen molar-refractivity contribution in [3.63, 3.8) is 0 Å². The van der Waals surface area contributed by atoms with Gasteiger partial charge in [0.25, 0.3) is 0 Å². The van der Waals surface area contributed by atoms with Crippen LogP contribution in [0.2, 0.25) is 0 Å². The topological polar surface area (TPSA) is 60.2 Å². The fraction of sp³-hybridized carbons (Fsp3) is 0.429. The van der Waals surface area contributed by atoms with Crippen molar-refractivity contribution in [3.8, 4) is 17.0 Å². The molecule has 0 radical (unpaired) electrons. The molecule has 0 spiro atoms. The number of hydrogen-bond donors (Lipinski definition) is 1. The predicted molar refractivity (Wildman–Crippen MR) is 70.9 cm³/mol. The molecule has 0 atom stereocenters. The van der Waals surface area contributed by atoms with Crippen molar-refractivity contribution in [2.45, 2.75) is 18.9 Å². The zero-order chi connectivity index (χ0) is 13.2. The fourth-order valence-electron chi connectivity index (χ4n) is 2.41. The molecule has 0 saturated heterocycles. The zero-order valence-corrected chi connectivity index (χ0v) is 10.9. The van der Waals surface area contributed by atoms with E-state index in [1.807, 2.05) is 29.2 Å². The van der Waals surface area contributed by atoms with Crippen molar-refractivity contribution in [1.29, 1.82) is 0 Å². The summed E-state index contributed by atoms with van der Waals surface area (Å²) in [6.07, 6.45) is 7.58. The number of hydrogen-bond acceptors (Lipinski definition) is 4. The van der Waals surface area contributed by atoms with Gasteiger partial charge in [-0.25, -0.2) is 0 Å². The van der Waals surface area contributed by atoms with Gasteiger partial charge < -0.3 is 9.84 Å². The van der Waals surface area contributed by atoms with E-state index in [0.717, 1.165) is 29.8 Å². The molecule has 1 saturated carbocycles. The largest absolute Gasteiger partial charge is 0.495 e. The molecule has 5 heteroatoms. The van der Waals surface area contributed by atoms with E-state index in [1.165, 1.54) is 0 Å². The lowest BCUT2D eigenvalue weighted by atomic mass is 9.81. The summed E-state index contributed by atoms with van der Waals surface area (Å²) in [5.41, 5.74) is 1.90. The average Bonchev–Trinajstić information content (AvgIpc) is 2.87. The molecule has 2 heterocycles. The van der Waals surface area contributed by atoms with E-state index in [2.05, 4.69) is 10.1 Å². The second-order valence-electron chi connectivity index (χ2n) is 4.97. The van der Waals surface area contributed by atoms with Gasteiger partial charge in [0.15, 0.2) is 0 Å². The van der Waals surface area contributed by atoms with Crippen LogP contribution >= 0.6 is 0 Å². The lowest BCUT2D eigenvalue weighted by molar-refractivity contribution is 0.105. The number of aliphatic hydroxyl groups is 1. The van der Waals surface area contributed by atoms with Gasteiger partial charge in [-0.3, -0.25) is 9.67 Å². The SMILES string of the molecule is COc1ccc(-c2cnn(C3CC(CO)C3)c2)nc1. The maximum absolute atomic E-state index is 9.03. The van der Waals surface area contributed by atoms with Crippen LogP contribution in [0.3, 0.4) is 0 Å². The summed E-state index contributed by atoms with van der Waals surface area (Å²) >= 11 is 0. The third-order valence-corrected chi connectivity index (χ3v) is 3.71. The van der Waals surface area contributed by atoms with Crippen molar-refractivity contribution < 1.29 is 9.84 Å². The van der Waals surface area contributed by atoms with Gasteiger partial charge in [-0.1, -0.05) is 0 Å². The van der Waals surface area contributed by atoms with Gasteiger partial charge in [0.2, 0.25) is 0 Å². The molecule has 0 unspecified atom stereocenters. The summed E-state index contributed by atoms with van der Waals surface area (Å²) in [6, 6.07) is 4.24. The van der Waals surface area contributed by atoms with Crippen molar-refractivity contribution in [2.24, 2.45) is 5.92 Å². The molecular weight excluding hydrogens is 242 g/mol. The predicted octanol–water partition coefficient (Wildman–Crippen LogP) is 1.90. The molecule has 19 heavy (non-hydrogen) atoms. The van der Waals surface area contributed by atoms with Gasteiger partial charge in [0, 0.05) is 18.4 Å². The Labute approximate surface area is 111 Å². The Bertz CT molecular complexity index is 544. The van der Waals surface area contributed by atoms with Crippen molar-refractivity contribution in [2.75, 3.05) is 13.7 Å². The van der Waals surface area contributed by atoms with E-state index in [9.17, 15) is 0 Å². The summed E-state index contributed by atoms with van der Waals surface area (Å²) in [5, 5.41) is 13.4. The molecule has 0 aliphatic heterocycles. The molecule has 2 aromatic rings. The van der Waals surface area contributed by atoms with Crippen LogP contribution in [0.4, 0.5) is 0 Å². The van der Waals surface area contributed by atoms with Gasteiger partial charge >= 0.3 is 0 Å². The van der Waals surface area contributed by atoms with E-state index in [4.69, 9.17) is 9.84 Å². The average molecular weight is 259 g/mol. The summed E-state index contributed by atoms with van der Waals surface area (Å²) < 4.78 is 7.07. The molecule has 100 valence electrons. The Kier molecular flexibility index (Phi) is 3.21. The molecule has 1 aliphatic carbocycles. The normalized spacial score (nSPS) is 22.0. The fourth-order valence-corrected chi connectivity index (χ4v) is 2.41. The number of aliphatic hydroxyl groups excluding tert-OH is 1. The van der Waals surface area contributed by atoms with E-state index in [-0.39, 0.29) is 6.61 Å². The minimum absolute atomic E-state index is 0.282. The van der Waals surface area contributed by atoms with Gasteiger partial charge in [-0.2, -0.15) is 5.10 Å². The molecule has 1 N–H and O–H groups in total. The van der Waals surface area contributed by atoms with Crippen LogP contribution in [0.15, 0.2) is 30.7 Å². The maximum Gasteiger partial charge on any atom is 0.137 e.